The Hall–Kier alpha value is -1.39. The van der Waals surface area contributed by atoms with Crippen molar-refractivity contribution in [2.24, 2.45) is 0 Å². The van der Waals surface area contributed by atoms with Gasteiger partial charge in [0, 0.05) is 29.9 Å². The fourth-order valence-electron chi connectivity index (χ4n) is 2.31. The number of nitrogens with zero attached hydrogens (tertiary/aromatic N) is 2. The number of nitrogens with one attached hydrogen (secondary N) is 1. The van der Waals surface area contributed by atoms with E-state index in [4.69, 9.17) is 11.6 Å². The molecule has 20 heavy (non-hydrogen) atoms. The monoisotopic (exact) mass is 293 g/mol. The minimum Gasteiger partial charge on any atom is -0.310 e. The highest BCUT2D eigenvalue weighted by molar-refractivity contribution is 6.30. The van der Waals surface area contributed by atoms with E-state index in [1.165, 1.54) is 24.5 Å². The van der Waals surface area contributed by atoms with Crippen LogP contribution in [0.15, 0.2) is 24.4 Å². The lowest BCUT2D eigenvalue weighted by molar-refractivity contribution is 0.625. The Bertz CT molecular complexity index is 620. The maximum Gasteiger partial charge on any atom is 0.143 e. The predicted octanol–water partition coefficient (Wildman–Crippen LogP) is 3.48. The van der Waals surface area contributed by atoms with Gasteiger partial charge in [0.05, 0.1) is 16.9 Å². The van der Waals surface area contributed by atoms with Crippen LogP contribution in [0.3, 0.4) is 0 Å². The van der Waals surface area contributed by atoms with E-state index in [0.29, 0.717) is 11.7 Å². The molecule has 1 aliphatic carbocycles. The first-order valence-corrected chi connectivity index (χ1v) is 7.31. The summed E-state index contributed by atoms with van der Waals surface area (Å²) >= 11 is 5.72. The van der Waals surface area contributed by atoms with Crippen LogP contribution in [0.2, 0.25) is 5.02 Å². The first-order valence-electron chi connectivity index (χ1n) is 6.93. The van der Waals surface area contributed by atoms with Crippen molar-refractivity contribution in [3.8, 4) is 5.69 Å². The fraction of sp³-hybridized carbons (Fsp3) is 0.400. The third-order valence-corrected chi connectivity index (χ3v) is 3.90. The van der Waals surface area contributed by atoms with Gasteiger partial charge in [-0.05, 0) is 31.4 Å². The van der Waals surface area contributed by atoms with Gasteiger partial charge < -0.3 is 5.32 Å². The summed E-state index contributed by atoms with van der Waals surface area (Å²) in [6, 6.07) is 5.44. The molecule has 1 N–H and O–H groups in total. The topological polar surface area (TPSA) is 29.9 Å². The molecule has 0 amide bonds. The molecule has 0 saturated heterocycles. The van der Waals surface area contributed by atoms with E-state index in [1.807, 2.05) is 6.20 Å². The van der Waals surface area contributed by atoms with Gasteiger partial charge >= 0.3 is 0 Å². The molecule has 0 aliphatic heterocycles. The van der Waals surface area contributed by atoms with Gasteiger partial charge in [-0.1, -0.05) is 18.5 Å². The van der Waals surface area contributed by atoms with Crippen molar-refractivity contribution in [1.82, 2.24) is 15.1 Å². The van der Waals surface area contributed by atoms with E-state index in [-0.39, 0.29) is 5.02 Å². The minimum atomic E-state index is -0.417. The van der Waals surface area contributed by atoms with Crippen LogP contribution in [0.1, 0.15) is 31.0 Å². The molecule has 1 saturated carbocycles. The van der Waals surface area contributed by atoms with Crippen LogP contribution in [0.5, 0.6) is 0 Å². The van der Waals surface area contributed by atoms with Crippen LogP contribution in [-0.2, 0) is 13.0 Å². The lowest BCUT2D eigenvalue weighted by Crippen LogP contribution is -2.16. The van der Waals surface area contributed by atoms with Gasteiger partial charge in [0.15, 0.2) is 0 Å². The average Bonchev–Trinajstić information content (AvgIpc) is 3.18. The Morgan fingerprint density at radius 2 is 2.25 bits per heavy atom. The van der Waals surface area contributed by atoms with Gasteiger partial charge in [0.1, 0.15) is 5.82 Å². The summed E-state index contributed by atoms with van der Waals surface area (Å²) in [6.45, 7) is 2.91. The molecule has 3 nitrogen and oxygen atoms in total. The van der Waals surface area contributed by atoms with E-state index in [9.17, 15) is 4.39 Å². The highest BCUT2D eigenvalue weighted by atomic mass is 35.5. The molecular formula is C15H17ClFN3. The van der Waals surface area contributed by atoms with Gasteiger partial charge in [-0.3, -0.25) is 0 Å². The third kappa shape index (κ3) is 2.72. The molecule has 0 unspecified atom stereocenters. The summed E-state index contributed by atoms with van der Waals surface area (Å²) in [5.74, 6) is -0.417. The molecule has 5 heteroatoms. The van der Waals surface area contributed by atoms with Crippen LogP contribution in [0, 0.1) is 5.82 Å². The fourth-order valence-corrected chi connectivity index (χ4v) is 2.43. The molecule has 0 spiro atoms. The van der Waals surface area contributed by atoms with Crippen molar-refractivity contribution in [2.75, 3.05) is 0 Å². The molecular weight excluding hydrogens is 277 g/mol. The summed E-state index contributed by atoms with van der Waals surface area (Å²) in [5, 5.41) is 8.01. The Labute approximate surface area is 122 Å². The van der Waals surface area contributed by atoms with Crippen molar-refractivity contribution in [3.05, 3.63) is 46.5 Å². The molecule has 1 fully saturated rings. The highest BCUT2D eigenvalue weighted by Gasteiger charge is 2.21. The van der Waals surface area contributed by atoms with Crippen molar-refractivity contribution in [3.63, 3.8) is 0 Å². The zero-order valence-electron chi connectivity index (χ0n) is 11.4. The normalized spacial score (nSPS) is 14.8. The molecule has 1 heterocycles. The lowest BCUT2D eigenvalue weighted by atomic mass is 10.2. The molecule has 1 aliphatic rings. The van der Waals surface area contributed by atoms with Gasteiger partial charge in [-0.2, -0.15) is 5.10 Å². The molecule has 1 aromatic heterocycles. The summed E-state index contributed by atoms with van der Waals surface area (Å²) in [4.78, 5) is 0. The lowest BCUT2D eigenvalue weighted by Gasteiger charge is -2.09. The SMILES string of the molecule is CCc1c(CNC2CC2)cnn1-c1ccc(Cl)c(F)c1. The molecule has 2 aromatic rings. The summed E-state index contributed by atoms with van der Waals surface area (Å²) in [5.41, 5.74) is 3.00. The maximum atomic E-state index is 13.6. The Kier molecular flexibility index (Phi) is 3.76. The van der Waals surface area contributed by atoms with Crippen LogP contribution >= 0.6 is 11.6 Å². The number of halogens is 2. The Morgan fingerprint density at radius 1 is 1.45 bits per heavy atom. The Balaban J connectivity index is 1.89. The van der Waals surface area contributed by atoms with Crippen molar-refractivity contribution < 1.29 is 4.39 Å². The molecule has 0 atom stereocenters. The third-order valence-electron chi connectivity index (χ3n) is 3.60. The largest absolute Gasteiger partial charge is 0.310 e. The second-order valence-corrected chi connectivity index (χ2v) is 5.54. The highest BCUT2D eigenvalue weighted by Crippen LogP contribution is 2.23. The van der Waals surface area contributed by atoms with E-state index >= 15 is 0 Å². The summed E-state index contributed by atoms with van der Waals surface area (Å²) < 4.78 is 15.4. The van der Waals surface area contributed by atoms with Gasteiger partial charge in [0.2, 0.25) is 0 Å². The summed E-state index contributed by atoms with van der Waals surface area (Å²) in [7, 11) is 0. The molecule has 106 valence electrons. The quantitative estimate of drug-likeness (QED) is 0.915. The van der Waals surface area contributed by atoms with E-state index in [1.54, 1.807) is 16.8 Å². The predicted molar refractivity (Wildman–Crippen MR) is 77.8 cm³/mol. The number of benzene rings is 1. The van der Waals surface area contributed by atoms with Crippen molar-refractivity contribution >= 4 is 11.6 Å². The molecule has 0 radical (unpaired) electrons. The van der Waals surface area contributed by atoms with Crippen molar-refractivity contribution in [1.29, 1.82) is 0 Å². The zero-order valence-corrected chi connectivity index (χ0v) is 12.1. The number of hydrogen-bond acceptors (Lipinski definition) is 2. The van der Waals surface area contributed by atoms with Crippen LogP contribution < -0.4 is 5.32 Å². The molecule has 1 aromatic carbocycles. The first kappa shape index (κ1) is 13.6. The van der Waals surface area contributed by atoms with Gasteiger partial charge in [0.25, 0.3) is 0 Å². The molecule has 3 rings (SSSR count). The standard InChI is InChI=1S/C15H17ClFN3/c1-2-15-10(8-18-11-3-4-11)9-19-20(15)12-5-6-13(16)14(17)7-12/h5-7,9,11,18H,2-4,8H2,1H3. The number of aromatic nitrogens is 2. The van der Waals surface area contributed by atoms with Crippen molar-refractivity contribution in [2.45, 2.75) is 38.8 Å². The van der Waals surface area contributed by atoms with Gasteiger partial charge in [-0.15, -0.1) is 0 Å². The maximum absolute atomic E-state index is 13.6. The Morgan fingerprint density at radius 3 is 2.90 bits per heavy atom. The number of rotatable bonds is 5. The van der Waals surface area contributed by atoms with Crippen LogP contribution in [-0.4, -0.2) is 15.8 Å². The van der Waals surface area contributed by atoms with Gasteiger partial charge in [-0.25, -0.2) is 9.07 Å². The van der Waals surface area contributed by atoms with E-state index in [0.717, 1.165) is 18.7 Å². The zero-order chi connectivity index (χ0) is 14.1. The average molecular weight is 294 g/mol. The summed E-state index contributed by atoms with van der Waals surface area (Å²) in [6.07, 6.45) is 5.24. The minimum absolute atomic E-state index is 0.134. The second-order valence-electron chi connectivity index (χ2n) is 5.14. The van der Waals surface area contributed by atoms with E-state index in [2.05, 4.69) is 17.3 Å². The first-order chi connectivity index (χ1) is 9.69. The second kappa shape index (κ2) is 5.54. The van der Waals surface area contributed by atoms with Crippen LogP contribution in [0.25, 0.3) is 5.69 Å². The molecule has 0 bridgehead atoms. The van der Waals surface area contributed by atoms with Crippen LogP contribution in [0.4, 0.5) is 4.39 Å². The smallest absolute Gasteiger partial charge is 0.143 e. The number of hydrogen-bond donors (Lipinski definition) is 1. The van der Waals surface area contributed by atoms with E-state index < -0.39 is 5.82 Å².